The van der Waals surface area contributed by atoms with E-state index in [4.69, 9.17) is 32.2 Å². The van der Waals surface area contributed by atoms with Gasteiger partial charge >= 0.3 is 6.09 Å². The molecule has 0 aromatic heterocycles. The number of rotatable bonds is 8. The Morgan fingerprint density at radius 1 is 1.00 bits per heavy atom. The SMILES string of the molecule is C#CCOc1cc(F)c(CO)c(F)c1.C#CCOc1cc(F)c(COC(=O)N2CCNCC2CC)c(F)c1. The summed E-state index contributed by atoms with van der Waals surface area (Å²) in [4.78, 5) is 13.7. The number of hydrogen-bond acceptors (Lipinski definition) is 6. The zero-order valence-electron chi connectivity index (χ0n) is 20.7. The third-order valence-electron chi connectivity index (χ3n) is 5.43. The summed E-state index contributed by atoms with van der Waals surface area (Å²) in [6.07, 6.45) is 10.1. The van der Waals surface area contributed by atoms with Crippen LogP contribution in [0.3, 0.4) is 0 Å². The van der Waals surface area contributed by atoms with Crippen molar-refractivity contribution < 1.29 is 41.7 Å². The van der Waals surface area contributed by atoms with Gasteiger partial charge < -0.3 is 29.5 Å². The Bertz CT molecular complexity index is 1130. The quantitative estimate of drug-likeness (QED) is 0.395. The third-order valence-corrected chi connectivity index (χ3v) is 5.43. The van der Waals surface area contributed by atoms with E-state index in [9.17, 15) is 22.4 Å². The average molecular weight is 537 g/mol. The summed E-state index contributed by atoms with van der Waals surface area (Å²) >= 11 is 0. The zero-order valence-corrected chi connectivity index (χ0v) is 20.7. The van der Waals surface area contributed by atoms with Crippen molar-refractivity contribution in [2.24, 2.45) is 0 Å². The molecule has 2 aromatic rings. The van der Waals surface area contributed by atoms with Crippen molar-refractivity contribution in [3.05, 3.63) is 58.7 Å². The minimum Gasteiger partial charge on any atom is -0.481 e. The molecule has 1 saturated heterocycles. The molecule has 1 unspecified atom stereocenters. The van der Waals surface area contributed by atoms with E-state index in [1.807, 2.05) is 6.92 Å². The van der Waals surface area contributed by atoms with E-state index in [1.165, 1.54) is 0 Å². The second-order valence-electron chi connectivity index (χ2n) is 7.89. The summed E-state index contributed by atoms with van der Waals surface area (Å²) in [5.41, 5.74) is -0.697. The molecule has 2 aromatic carbocycles. The van der Waals surface area contributed by atoms with Crippen molar-refractivity contribution in [3.8, 4) is 36.2 Å². The molecule has 1 fully saturated rings. The lowest BCUT2D eigenvalue weighted by Crippen LogP contribution is -2.53. The molecule has 2 N–H and O–H groups in total. The number of hydrogen-bond donors (Lipinski definition) is 2. The highest BCUT2D eigenvalue weighted by Crippen LogP contribution is 2.22. The van der Waals surface area contributed by atoms with Crippen molar-refractivity contribution in [1.29, 1.82) is 0 Å². The summed E-state index contributed by atoms with van der Waals surface area (Å²) in [5, 5.41) is 11.8. The smallest absolute Gasteiger partial charge is 0.410 e. The molecule has 7 nitrogen and oxygen atoms in total. The Hall–Kier alpha value is -3.93. The molecule has 3 rings (SSSR count). The maximum absolute atomic E-state index is 14.0. The molecule has 11 heteroatoms. The van der Waals surface area contributed by atoms with Gasteiger partial charge in [0.05, 0.1) is 12.2 Å². The van der Waals surface area contributed by atoms with Crippen LogP contribution in [0.1, 0.15) is 24.5 Å². The fourth-order valence-corrected chi connectivity index (χ4v) is 3.45. The number of ether oxygens (including phenoxy) is 3. The first-order chi connectivity index (χ1) is 18.2. The molecule has 1 aliphatic rings. The first-order valence-corrected chi connectivity index (χ1v) is 11.6. The van der Waals surface area contributed by atoms with Gasteiger partial charge in [0.2, 0.25) is 0 Å². The fraction of sp³-hybridized carbons (Fsp3) is 0.370. The molecular weight excluding hydrogens is 508 g/mol. The highest BCUT2D eigenvalue weighted by Gasteiger charge is 2.27. The number of aliphatic hydroxyl groups is 1. The van der Waals surface area contributed by atoms with Crippen LogP contribution in [0.5, 0.6) is 11.5 Å². The summed E-state index contributed by atoms with van der Waals surface area (Å²) in [6.45, 7) is 2.49. The Morgan fingerprint density at radius 3 is 1.95 bits per heavy atom. The van der Waals surface area contributed by atoms with Gasteiger partial charge in [0.1, 0.15) is 54.6 Å². The van der Waals surface area contributed by atoms with E-state index in [0.717, 1.165) is 30.7 Å². The van der Waals surface area contributed by atoms with Gasteiger partial charge in [-0.25, -0.2) is 22.4 Å². The number of nitrogens with zero attached hydrogens (tertiary/aromatic N) is 1. The van der Waals surface area contributed by atoms with Gasteiger partial charge in [-0.2, -0.15) is 0 Å². The van der Waals surface area contributed by atoms with Crippen LogP contribution in [0.25, 0.3) is 0 Å². The summed E-state index contributed by atoms with van der Waals surface area (Å²) in [7, 11) is 0. The lowest BCUT2D eigenvalue weighted by molar-refractivity contribution is 0.0699. The van der Waals surface area contributed by atoms with E-state index in [0.29, 0.717) is 19.6 Å². The second-order valence-corrected chi connectivity index (χ2v) is 7.89. The minimum absolute atomic E-state index is 0.00817. The minimum atomic E-state index is -0.848. The number of nitrogens with one attached hydrogen (secondary N) is 1. The molecular formula is C27H28F4N2O5. The highest BCUT2D eigenvalue weighted by molar-refractivity contribution is 5.68. The van der Waals surface area contributed by atoms with Crippen LogP contribution in [0, 0.1) is 48.0 Å². The lowest BCUT2D eigenvalue weighted by Gasteiger charge is -2.34. The van der Waals surface area contributed by atoms with Crippen LogP contribution < -0.4 is 14.8 Å². The topological polar surface area (TPSA) is 80.3 Å². The Balaban J connectivity index is 0.000000308. The Labute approximate surface area is 218 Å². The maximum Gasteiger partial charge on any atom is 0.410 e. The first-order valence-electron chi connectivity index (χ1n) is 11.6. The molecule has 0 spiro atoms. The maximum atomic E-state index is 14.0. The number of amides is 1. The number of benzene rings is 2. The standard InChI is InChI=1S/C17H20F2N2O3.C10H8F2O2/c1-3-7-23-13-8-15(18)14(16(19)9-13)11-24-17(22)21-6-5-20-10-12(21)4-2;1-2-3-14-7-4-9(11)8(6-13)10(12)5-7/h1,8-9,12,20H,4-7,10-11H2,2H3;1,4-5,13H,3,6H2. The highest BCUT2D eigenvalue weighted by atomic mass is 19.1. The van der Waals surface area contributed by atoms with Crippen LogP contribution in [-0.4, -0.2) is 55.0 Å². The van der Waals surface area contributed by atoms with E-state index >= 15 is 0 Å². The molecule has 1 aliphatic heterocycles. The molecule has 1 amide bonds. The van der Waals surface area contributed by atoms with Gasteiger partial charge in [-0.05, 0) is 6.42 Å². The van der Waals surface area contributed by atoms with Crippen LogP contribution in [0.4, 0.5) is 22.4 Å². The second kappa shape index (κ2) is 15.4. The zero-order chi connectivity index (χ0) is 28.1. The number of halogens is 4. The number of piperazine rings is 1. The lowest BCUT2D eigenvalue weighted by atomic mass is 10.1. The van der Waals surface area contributed by atoms with Crippen LogP contribution >= 0.6 is 0 Å². The van der Waals surface area contributed by atoms with Gasteiger partial charge in [0, 0.05) is 55.5 Å². The number of aliphatic hydroxyl groups excluding tert-OH is 1. The average Bonchev–Trinajstić information content (AvgIpc) is 2.90. The van der Waals surface area contributed by atoms with Crippen molar-refractivity contribution in [3.63, 3.8) is 0 Å². The van der Waals surface area contributed by atoms with E-state index < -0.39 is 42.6 Å². The molecule has 1 atom stereocenters. The Kier molecular flexibility index (Phi) is 12.2. The van der Waals surface area contributed by atoms with Gasteiger partial charge in [0.25, 0.3) is 0 Å². The monoisotopic (exact) mass is 536 g/mol. The predicted molar refractivity (Wildman–Crippen MR) is 131 cm³/mol. The normalized spacial score (nSPS) is 14.4. The summed E-state index contributed by atoms with van der Waals surface area (Å²) < 4.78 is 68.9. The van der Waals surface area contributed by atoms with Crippen molar-refractivity contribution in [1.82, 2.24) is 10.2 Å². The molecule has 0 radical (unpaired) electrons. The molecule has 38 heavy (non-hydrogen) atoms. The van der Waals surface area contributed by atoms with Crippen molar-refractivity contribution in [2.75, 3.05) is 32.8 Å². The molecule has 0 bridgehead atoms. The van der Waals surface area contributed by atoms with Gasteiger partial charge in [-0.3, -0.25) is 0 Å². The summed E-state index contributed by atoms with van der Waals surface area (Å²) in [5.74, 6) is 0.991. The Morgan fingerprint density at radius 2 is 1.50 bits per heavy atom. The van der Waals surface area contributed by atoms with Gasteiger partial charge in [0.15, 0.2) is 0 Å². The van der Waals surface area contributed by atoms with Crippen LogP contribution in [0.15, 0.2) is 24.3 Å². The number of carbonyl (C=O) groups is 1. The molecule has 0 aliphatic carbocycles. The van der Waals surface area contributed by atoms with E-state index in [1.54, 1.807) is 4.90 Å². The fourth-order valence-electron chi connectivity index (χ4n) is 3.45. The number of carbonyl (C=O) groups excluding carboxylic acids is 1. The number of terminal acetylenes is 2. The van der Waals surface area contributed by atoms with Crippen molar-refractivity contribution >= 4 is 6.09 Å². The van der Waals surface area contributed by atoms with Crippen molar-refractivity contribution in [2.45, 2.75) is 32.6 Å². The molecule has 204 valence electrons. The largest absolute Gasteiger partial charge is 0.481 e. The summed E-state index contributed by atoms with van der Waals surface area (Å²) in [6, 6.07) is 4.00. The molecule has 1 heterocycles. The van der Waals surface area contributed by atoms with Gasteiger partial charge in [-0.15, -0.1) is 12.8 Å². The van der Waals surface area contributed by atoms with Crippen LogP contribution in [0.2, 0.25) is 0 Å². The van der Waals surface area contributed by atoms with Gasteiger partial charge in [-0.1, -0.05) is 18.8 Å². The van der Waals surface area contributed by atoms with E-state index in [-0.39, 0.29) is 41.9 Å². The van der Waals surface area contributed by atoms with Crippen LogP contribution in [-0.2, 0) is 18.0 Å². The first kappa shape index (κ1) is 30.3. The molecule has 0 saturated carbocycles. The predicted octanol–water partition coefficient (Wildman–Crippen LogP) is 3.77. The third kappa shape index (κ3) is 8.58. The van der Waals surface area contributed by atoms with E-state index in [2.05, 4.69) is 17.2 Å².